The predicted octanol–water partition coefficient (Wildman–Crippen LogP) is 2.07. The molecule has 4 atom stereocenters. The van der Waals surface area contributed by atoms with Crippen molar-refractivity contribution >= 4 is 29.7 Å². The predicted molar refractivity (Wildman–Crippen MR) is 107 cm³/mol. The SMILES string of the molecule is CC(C)OC(=O)COc1ccc(C=NN2C(=O)[C@@H]3[C@H](C2=O)[C@H]2C=C[C@H]3C2)cc1[N+](=O)[O-]. The maximum Gasteiger partial charge on any atom is 0.344 e. The molecular weight excluding hydrogens is 406 g/mol. The van der Waals surface area contributed by atoms with Crippen molar-refractivity contribution in [2.75, 3.05) is 6.61 Å². The van der Waals surface area contributed by atoms with Crippen LogP contribution in [0.3, 0.4) is 0 Å². The molecule has 0 unspecified atom stereocenters. The van der Waals surface area contributed by atoms with Crippen molar-refractivity contribution in [3.63, 3.8) is 0 Å². The lowest BCUT2D eigenvalue weighted by atomic mass is 9.85. The summed E-state index contributed by atoms with van der Waals surface area (Å²) in [6.07, 6.45) is 5.71. The number of allylic oxidation sites excluding steroid dienone is 2. The van der Waals surface area contributed by atoms with Crippen molar-refractivity contribution in [1.29, 1.82) is 0 Å². The van der Waals surface area contributed by atoms with Gasteiger partial charge in [0.25, 0.3) is 11.8 Å². The molecule has 1 aliphatic heterocycles. The van der Waals surface area contributed by atoms with Crippen molar-refractivity contribution in [3.8, 4) is 5.75 Å². The Morgan fingerprint density at radius 1 is 1.26 bits per heavy atom. The number of rotatable bonds is 7. The van der Waals surface area contributed by atoms with Gasteiger partial charge in [0.1, 0.15) is 0 Å². The summed E-state index contributed by atoms with van der Waals surface area (Å²) >= 11 is 0. The number of carbonyl (C=O) groups excluding carboxylic acids is 3. The van der Waals surface area contributed by atoms with E-state index in [1.807, 2.05) is 12.2 Å². The number of fused-ring (bicyclic) bond motifs is 5. The first kappa shape index (κ1) is 20.7. The molecule has 0 radical (unpaired) electrons. The van der Waals surface area contributed by atoms with Crippen LogP contribution in [0.5, 0.6) is 5.75 Å². The highest BCUT2D eigenvalue weighted by molar-refractivity contribution is 6.06. The standard InChI is InChI=1S/C21H21N3O7/c1-11(2)31-17(25)10-30-16-6-3-12(7-15(16)24(28)29)9-22-23-20(26)18-13-4-5-14(8-13)19(18)21(23)27/h3-7,9,11,13-14,18-19H,8,10H2,1-2H3/t13-,14-,18-,19+/m0/s1. The summed E-state index contributed by atoms with van der Waals surface area (Å²) in [5, 5.41) is 16.3. The van der Waals surface area contributed by atoms with E-state index in [4.69, 9.17) is 9.47 Å². The van der Waals surface area contributed by atoms with E-state index in [1.54, 1.807) is 13.8 Å². The minimum absolute atomic E-state index is 0.0755. The number of hydrogen-bond acceptors (Lipinski definition) is 8. The molecule has 2 fully saturated rings. The number of benzene rings is 1. The van der Waals surface area contributed by atoms with Crippen LogP contribution < -0.4 is 4.74 Å². The number of hydrogen-bond donors (Lipinski definition) is 0. The molecule has 1 saturated heterocycles. The van der Waals surface area contributed by atoms with Gasteiger partial charge in [0.15, 0.2) is 12.4 Å². The number of nitro benzene ring substituents is 1. The van der Waals surface area contributed by atoms with Gasteiger partial charge >= 0.3 is 11.7 Å². The van der Waals surface area contributed by atoms with Crippen molar-refractivity contribution < 1.29 is 28.8 Å². The van der Waals surface area contributed by atoms with Gasteiger partial charge in [-0.2, -0.15) is 10.1 Å². The van der Waals surface area contributed by atoms with Crippen LogP contribution in [-0.2, 0) is 19.1 Å². The number of amides is 2. The quantitative estimate of drug-likeness (QED) is 0.163. The number of ether oxygens (including phenoxy) is 2. The van der Waals surface area contributed by atoms with Crippen LogP contribution in [0.4, 0.5) is 5.69 Å². The minimum Gasteiger partial charge on any atom is -0.475 e. The summed E-state index contributed by atoms with van der Waals surface area (Å²) in [6.45, 7) is 2.89. The summed E-state index contributed by atoms with van der Waals surface area (Å²) in [5.74, 6) is -1.99. The molecule has 1 heterocycles. The van der Waals surface area contributed by atoms with Gasteiger partial charge in [0.2, 0.25) is 0 Å². The van der Waals surface area contributed by atoms with Gasteiger partial charge in [-0.1, -0.05) is 12.2 Å². The summed E-state index contributed by atoms with van der Waals surface area (Å²) in [5.41, 5.74) is -0.0675. The number of nitrogens with zero attached hydrogens (tertiary/aromatic N) is 3. The number of nitro groups is 1. The Bertz CT molecular complexity index is 986. The second kappa shape index (κ2) is 7.93. The molecule has 162 valence electrons. The lowest BCUT2D eigenvalue weighted by molar-refractivity contribution is -0.385. The largest absolute Gasteiger partial charge is 0.475 e. The van der Waals surface area contributed by atoms with Gasteiger partial charge in [0, 0.05) is 11.6 Å². The molecule has 31 heavy (non-hydrogen) atoms. The molecule has 0 N–H and O–H groups in total. The highest BCUT2D eigenvalue weighted by Crippen LogP contribution is 2.52. The maximum absolute atomic E-state index is 12.6. The van der Waals surface area contributed by atoms with Crippen LogP contribution in [0.2, 0.25) is 0 Å². The van der Waals surface area contributed by atoms with Crippen LogP contribution in [0.15, 0.2) is 35.5 Å². The Hall–Kier alpha value is -3.56. The highest BCUT2D eigenvalue weighted by Gasteiger charge is 2.59. The van der Waals surface area contributed by atoms with Crippen LogP contribution >= 0.6 is 0 Å². The Morgan fingerprint density at radius 2 is 1.90 bits per heavy atom. The van der Waals surface area contributed by atoms with E-state index in [0.717, 1.165) is 11.4 Å². The van der Waals surface area contributed by atoms with Crippen molar-refractivity contribution in [2.45, 2.75) is 26.4 Å². The van der Waals surface area contributed by atoms with Crippen LogP contribution in [-0.4, -0.2) is 46.6 Å². The molecule has 2 amide bonds. The Balaban J connectivity index is 1.48. The zero-order valence-electron chi connectivity index (χ0n) is 17.0. The smallest absolute Gasteiger partial charge is 0.344 e. The molecule has 1 aromatic carbocycles. The van der Waals surface area contributed by atoms with Crippen LogP contribution in [0.1, 0.15) is 25.8 Å². The Morgan fingerprint density at radius 3 is 2.48 bits per heavy atom. The molecule has 3 aliphatic rings. The first-order valence-electron chi connectivity index (χ1n) is 9.97. The first-order chi connectivity index (χ1) is 14.8. The van der Waals surface area contributed by atoms with E-state index in [9.17, 15) is 24.5 Å². The van der Waals surface area contributed by atoms with Gasteiger partial charge in [-0.3, -0.25) is 19.7 Å². The second-order valence-corrected chi connectivity index (χ2v) is 8.04. The van der Waals surface area contributed by atoms with Gasteiger partial charge < -0.3 is 9.47 Å². The van der Waals surface area contributed by atoms with E-state index >= 15 is 0 Å². The molecule has 1 saturated carbocycles. The maximum atomic E-state index is 12.6. The highest BCUT2D eigenvalue weighted by atomic mass is 16.6. The molecule has 1 aromatic rings. The average Bonchev–Trinajstić information content (AvgIpc) is 3.39. The molecular formula is C21H21N3O7. The lowest BCUT2D eigenvalue weighted by Crippen LogP contribution is -2.28. The fourth-order valence-corrected chi connectivity index (χ4v) is 4.44. The Kier molecular flexibility index (Phi) is 5.30. The van der Waals surface area contributed by atoms with Gasteiger partial charge in [-0.05, 0) is 44.2 Å². The van der Waals surface area contributed by atoms with E-state index in [0.29, 0.717) is 5.56 Å². The molecule has 10 nitrogen and oxygen atoms in total. The fourth-order valence-electron chi connectivity index (χ4n) is 4.44. The number of esters is 1. The molecule has 2 bridgehead atoms. The number of imide groups is 1. The van der Waals surface area contributed by atoms with Crippen LogP contribution in [0.25, 0.3) is 0 Å². The summed E-state index contributed by atoms with van der Waals surface area (Å²) in [6, 6.07) is 4.01. The van der Waals surface area contributed by atoms with Gasteiger partial charge in [-0.25, -0.2) is 4.79 Å². The zero-order chi connectivity index (χ0) is 22.3. The molecule has 0 spiro atoms. The summed E-state index contributed by atoms with van der Waals surface area (Å²) in [4.78, 5) is 47.7. The minimum atomic E-state index is -0.652. The van der Waals surface area contributed by atoms with Crippen molar-refractivity contribution in [1.82, 2.24) is 5.01 Å². The van der Waals surface area contributed by atoms with E-state index in [-0.39, 0.29) is 53.0 Å². The summed E-state index contributed by atoms with van der Waals surface area (Å²) < 4.78 is 10.2. The third kappa shape index (κ3) is 3.80. The Labute approximate surface area is 177 Å². The molecule has 10 heteroatoms. The first-order valence-corrected chi connectivity index (χ1v) is 9.97. The van der Waals surface area contributed by atoms with Crippen molar-refractivity contribution in [2.24, 2.45) is 28.8 Å². The van der Waals surface area contributed by atoms with E-state index in [2.05, 4.69) is 5.10 Å². The topological polar surface area (TPSA) is 128 Å². The second-order valence-electron chi connectivity index (χ2n) is 8.04. The third-order valence-corrected chi connectivity index (χ3v) is 5.66. The fraction of sp³-hybridized carbons (Fsp3) is 0.429. The van der Waals surface area contributed by atoms with Crippen molar-refractivity contribution in [3.05, 3.63) is 46.0 Å². The lowest BCUT2D eigenvalue weighted by Gasteiger charge is -2.13. The van der Waals surface area contributed by atoms with E-state index < -0.39 is 17.5 Å². The van der Waals surface area contributed by atoms with Gasteiger partial charge in [-0.15, -0.1) is 0 Å². The monoisotopic (exact) mass is 427 g/mol. The average molecular weight is 427 g/mol. The third-order valence-electron chi connectivity index (χ3n) is 5.66. The normalized spacial score (nSPS) is 26.2. The molecule has 0 aromatic heterocycles. The van der Waals surface area contributed by atoms with Gasteiger partial charge in [0.05, 0.1) is 29.1 Å². The molecule has 2 aliphatic carbocycles. The number of carbonyl (C=O) groups is 3. The summed E-state index contributed by atoms with van der Waals surface area (Å²) in [7, 11) is 0. The van der Waals surface area contributed by atoms with Crippen LogP contribution in [0, 0.1) is 33.8 Å². The number of hydrazone groups is 1. The van der Waals surface area contributed by atoms with E-state index in [1.165, 1.54) is 24.4 Å². The zero-order valence-corrected chi connectivity index (χ0v) is 17.0. The molecule has 4 rings (SSSR count).